The van der Waals surface area contributed by atoms with E-state index in [1.54, 1.807) is 6.20 Å². The van der Waals surface area contributed by atoms with Crippen LogP contribution in [0, 0.1) is 0 Å². The van der Waals surface area contributed by atoms with E-state index >= 15 is 0 Å². The Morgan fingerprint density at radius 3 is 3.20 bits per heavy atom. The largest absolute Gasteiger partial charge is 0.320 e. The first-order chi connectivity index (χ1) is 7.33. The first-order valence-electron chi connectivity index (χ1n) is 5.07. The first kappa shape index (κ1) is 10.5. The van der Waals surface area contributed by atoms with Crippen LogP contribution in [0.3, 0.4) is 0 Å². The van der Waals surface area contributed by atoms with Crippen LogP contribution in [-0.2, 0) is 6.54 Å². The molecule has 2 aromatic heterocycles. The lowest BCUT2D eigenvalue weighted by atomic mass is 10.3. The zero-order valence-electron chi connectivity index (χ0n) is 8.70. The van der Waals surface area contributed by atoms with E-state index < -0.39 is 0 Å². The zero-order valence-corrected chi connectivity index (χ0v) is 9.46. The highest BCUT2D eigenvalue weighted by molar-refractivity contribution is 6.30. The van der Waals surface area contributed by atoms with Gasteiger partial charge in [0.1, 0.15) is 10.8 Å². The van der Waals surface area contributed by atoms with Crippen molar-refractivity contribution in [3.8, 4) is 0 Å². The maximum absolute atomic E-state index is 6.15. The van der Waals surface area contributed by atoms with Crippen LogP contribution in [0.25, 0.3) is 11.0 Å². The molecule has 2 heterocycles. The van der Waals surface area contributed by atoms with Crippen molar-refractivity contribution in [1.82, 2.24) is 14.9 Å². The molecule has 1 N–H and O–H groups in total. The maximum atomic E-state index is 6.15. The third kappa shape index (κ3) is 2.13. The van der Waals surface area contributed by atoms with Crippen molar-refractivity contribution >= 4 is 22.6 Å². The fraction of sp³-hybridized carbons (Fsp3) is 0.364. The molecule has 2 rings (SSSR count). The number of nitrogens with one attached hydrogen (secondary N) is 1. The van der Waals surface area contributed by atoms with E-state index in [1.165, 1.54) is 0 Å². The minimum Gasteiger partial charge on any atom is -0.320 e. The number of nitrogens with zero attached hydrogens (tertiary/aromatic N) is 2. The Bertz CT molecular complexity index is 450. The average Bonchev–Trinajstić information content (AvgIpc) is 2.56. The van der Waals surface area contributed by atoms with Gasteiger partial charge in [-0.15, -0.1) is 0 Å². The number of fused-ring (bicyclic) bond motifs is 1. The number of hydrogen-bond acceptors (Lipinski definition) is 2. The molecule has 0 aliphatic carbocycles. The molecule has 0 unspecified atom stereocenters. The molecule has 0 aliphatic heterocycles. The van der Waals surface area contributed by atoms with E-state index in [1.807, 2.05) is 29.8 Å². The minimum atomic E-state index is 0.764. The van der Waals surface area contributed by atoms with Crippen molar-refractivity contribution in [2.24, 2.45) is 0 Å². The molecule has 0 amide bonds. The summed E-state index contributed by atoms with van der Waals surface area (Å²) in [5, 5.41) is 4.99. The topological polar surface area (TPSA) is 29.9 Å². The molecule has 15 heavy (non-hydrogen) atoms. The van der Waals surface area contributed by atoms with Gasteiger partial charge >= 0.3 is 0 Å². The summed E-state index contributed by atoms with van der Waals surface area (Å²) in [6.45, 7) is 1.89. The van der Waals surface area contributed by atoms with Crippen molar-refractivity contribution in [3.63, 3.8) is 0 Å². The summed E-state index contributed by atoms with van der Waals surface area (Å²) >= 11 is 6.15. The first-order valence-corrected chi connectivity index (χ1v) is 5.45. The van der Waals surface area contributed by atoms with Gasteiger partial charge in [0.25, 0.3) is 0 Å². The highest BCUT2D eigenvalue weighted by Crippen LogP contribution is 2.21. The Morgan fingerprint density at radius 1 is 1.53 bits per heavy atom. The molecule has 0 saturated heterocycles. The van der Waals surface area contributed by atoms with Gasteiger partial charge in [-0.25, -0.2) is 4.98 Å². The average molecular weight is 224 g/mol. The third-order valence-electron chi connectivity index (χ3n) is 2.41. The summed E-state index contributed by atoms with van der Waals surface area (Å²) in [5.74, 6) is 0. The number of aromatic nitrogens is 2. The van der Waals surface area contributed by atoms with E-state index in [0.717, 1.165) is 35.7 Å². The molecule has 0 spiro atoms. The van der Waals surface area contributed by atoms with Gasteiger partial charge in [-0.1, -0.05) is 11.6 Å². The van der Waals surface area contributed by atoms with Crippen LogP contribution in [-0.4, -0.2) is 23.1 Å². The lowest BCUT2D eigenvalue weighted by Gasteiger charge is -2.05. The molecule has 0 radical (unpaired) electrons. The Balaban J connectivity index is 2.28. The van der Waals surface area contributed by atoms with Gasteiger partial charge in [-0.2, -0.15) is 0 Å². The third-order valence-corrected chi connectivity index (χ3v) is 2.73. The second kappa shape index (κ2) is 4.64. The molecule has 3 nitrogen and oxygen atoms in total. The van der Waals surface area contributed by atoms with Gasteiger partial charge in [-0.05, 0) is 38.2 Å². The predicted molar refractivity (Wildman–Crippen MR) is 63.3 cm³/mol. The molecular formula is C11H14ClN3. The van der Waals surface area contributed by atoms with Crippen LogP contribution in [0.15, 0.2) is 24.4 Å². The molecule has 80 valence electrons. The molecule has 0 atom stereocenters. The zero-order chi connectivity index (χ0) is 10.7. The van der Waals surface area contributed by atoms with Crippen LogP contribution in [0.4, 0.5) is 0 Å². The lowest BCUT2D eigenvalue weighted by molar-refractivity contribution is 0.625. The standard InChI is InChI=1S/C11H14ClN3/c1-13-5-3-7-15-10(12)8-9-4-2-6-14-11(9)15/h2,4,6,8,13H,3,5,7H2,1H3. The van der Waals surface area contributed by atoms with Crippen molar-refractivity contribution in [2.75, 3.05) is 13.6 Å². The number of pyridine rings is 1. The van der Waals surface area contributed by atoms with Crippen molar-refractivity contribution in [3.05, 3.63) is 29.5 Å². The summed E-state index contributed by atoms with van der Waals surface area (Å²) in [6.07, 6.45) is 2.85. The van der Waals surface area contributed by atoms with Crippen molar-refractivity contribution < 1.29 is 0 Å². The monoisotopic (exact) mass is 223 g/mol. The van der Waals surface area contributed by atoms with Gasteiger partial charge in [-0.3, -0.25) is 0 Å². The Hall–Kier alpha value is -1.06. The second-order valence-corrected chi connectivity index (χ2v) is 3.88. The molecule has 0 saturated carbocycles. The van der Waals surface area contributed by atoms with Crippen LogP contribution in [0.1, 0.15) is 6.42 Å². The van der Waals surface area contributed by atoms with Crippen LogP contribution in [0.2, 0.25) is 5.15 Å². The number of halogens is 1. The smallest absolute Gasteiger partial charge is 0.141 e. The fourth-order valence-electron chi connectivity index (χ4n) is 1.68. The second-order valence-electron chi connectivity index (χ2n) is 3.49. The van der Waals surface area contributed by atoms with Crippen LogP contribution >= 0.6 is 11.6 Å². The molecule has 2 aromatic rings. The van der Waals surface area contributed by atoms with Crippen LogP contribution < -0.4 is 5.32 Å². The van der Waals surface area contributed by atoms with Gasteiger partial charge in [0.15, 0.2) is 0 Å². The van der Waals surface area contributed by atoms with Crippen molar-refractivity contribution in [2.45, 2.75) is 13.0 Å². The molecule has 4 heteroatoms. The van der Waals surface area contributed by atoms with Gasteiger partial charge in [0, 0.05) is 18.1 Å². The molecular weight excluding hydrogens is 210 g/mol. The van der Waals surface area contributed by atoms with E-state index in [2.05, 4.69) is 10.3 Å². The summed E-state index contributed by atoms with van der Waals surface area (Å²) in [6, 6.07) is 5.92. The minimum absolute atomic E-state index is 0.764. The molecule has 0 aliphatic rings. The summed E-state index contributed by atoms with van der Waals surface area (Å²) in [4.78, 5) is 4.34. The van der Waals surface area contributed by atoms with Gasteiger partial charge in [0.05, 0.1) is 0 Å². The van der Waals surface area contributed by atoms with Crippen molar-refractivity contribution in [1.29, 1.82) is 0 Å². The Labute approximate surface area is 94.1 Å². The van der Waals surface area contributed by atoms with Gasteiger partial charge < -0.3 is 9.88 Å². The lowest BCUT2D eigenvalue weighted by Crippen LogP contribution is -2.11. The summed E-state index contributed by atoms with van der Waals surface area (Å²) in [5.41, 5.74) is 0.971. The van der Waals surface area contributed by atoms with Gasteiger partial charge in [0.2, 0.25) is 0 Å². The van der Waals surface area contributed by atoms with E-state index in [-0.39, 0.29) is 0 Å². The number of rotatable bonds is 4. The highest BCUT2D eigenvalue weighted by Gasteiger charge is 2.06. The molecule has 0 fully saturated rings. The van der Waals surface area contributed by atoms with E-state index in [4.69, 9.17) is 11.6 Å². The Kier molecular flexibility index (Phi) is 3.23. The summed E-state index contributed by atoms with van der Waals surface area (Å²) < 4.78 is 2.05. The molecule has 0 bridgehead atoms. The van der Waals surface area contributed by atoms with Crippen LogP contribution in [0.5, 0.6) is 0 Å². The fourth-order valence-corrected chi connectivity index (χ4v) is 1.96. The number of hydrogen-bond donors (Lipinski definition) is 1. The highest BCUT2D eigenvalue weighted by atomic mass is 35.5. The maximum Gasteiger partial charge on any atom is 0.141 e. The van der Waals surface area contributed by atoms with E-state index in [9.17, 15) is 0 Å². The summed E-state index contributed by atoms with van der Waals surface area (Å²) in [7, 11) is 1.95. The SMILES string of the molecule is CNCCCn1c(Cl)cc2cccnc21. The predicted octanol–water partition coefficient (Wildman–Crippen LogP) is 2.30. The van der Waals surface area contributed by atoms with E-state index in [0.29, 0.717) is 0 Å². The molecule has 0 aromatic carbocycles. The number of aryl methyl sites for hydroxylation is 1. The quantitative estimate of drug-likeness (QED) is 0.807. The Morgan fingerprint density at radius 2 is 2.40 bits per heavy atom. The normalized spacial score (nSPS) is 11.1.